The first kappa shape index (κ1) is 19.3. The van der Waals surface area contributed by atoms with Crippen molar-refractivity contribution in [2.75, 3.05) is 19.8 Å². The Balaban J connectivity index is 1.76. The smallest absolute Gasteiger partial charge is 0.234 e. The molecule has 0 aliphatic rings. The zero-order valence-corrected chi connectivity index (χ0v) is 15.2. The summed E-state index contributed by atoms with van der Waals surface area (Å²) in [4.78, 5) is 11.3. The molecule has 0 saturated heterocycles. The minimum Gasteiger partial charge on any atom is -0.490 e. The van der Waals surface area contributed by atoms with E-state index in [1.54, 1.807) is 0 Å². The van der Waals surface area contributed by atoms with E-state index >= 15 is 0 Å². The number of para-hydroxylation sites is 1. The number of nitrogens with zero attached hydrogens (tertiary/aromatic N) is 1. The molecule has 2 aromatic rings. The van der Waals surface area contributed by atoms with Crippen molar-refractivity contribution in [3.63, 3.8) is 0 Å². The molecule has 0 fully saturated rings. The van der Waals surface area contributed by atoms with Gasteiger partial charge in [-0.05, 0) is 49.1 Å². The highest BCUT2D eigenvalue weighted by Gasteiger charge is 2.04. The van der Waals surface area contributed by atoms with Gasteiger partial charge in [-0.25, -0.2) is 0 Å². The Bertz CT molecular complexity index is 761. The first-order chi connectivity index (χ1) is 12.6. The molecule has 5 nitrogen and oxygen atoms in total. The first-order valence-electron chi connectivity index (χ1n) is 8.64. The molecule has 0 aliphatic carbocycles. The van der Waals surface area contributed by atoms with Gasteiger partial charge >= 0.3 is 0 Å². The van der Waals surface area contributed by atoms with E-state index in [0.29, 0.717) is 26.2 Å². The molecule has 5 heteroatoms. The van der Waals surface area contributed by atoms with Crippen molar-refractivity contribution in [2.24, 2.45) is 0 Å². The van der Waals surface area contributed by atoms with Crippen LogP contribution in [0, 0.1) is 25.2 Å². The average molecular weight is 352 g/mol. The molecular weight excluding hydrogens is 328 g/mol. The molecule has 0 aliphatic heterocycles. The Kier molecular flexibility index (Phi) is 7.50. The molecule has 136 valence electrons. The Morgan fingerprint density at radius 3 is 2.50 bits per heavy atom. The molecule has 0 heterocycles. The van der Waals surface area contributed by atoms with E-state index in [0.717, 1.165) is 28.2 Å². The van der Waals surface area contributed by atoms with E-state index in [1.807, 2.05) is 62.4 Å². The number of carbonyl (C=O) groups is 1. The van der Waals surface area contributed by atoms with Gasteiger partial charge in [0.15, 0.2) is 0 Å². The fourth-order valence-corrected chi connectivity index (χ4v) is 2.60. The summed E-state index contributed by atoms with van der Waals surface area (Å²) in [6.45, 7) is 5.49. The molecule has 1 amide bonds. The summed E-state index contributed by atoms with van der Waals surface area (Å²) in [5.74, 6) is 1.44. The second kappa shape index (κ2) is 10.1. The normalized spacial score (nSPS) is 10.0. The number of amides is 1. The summed E-state index contributed by atoms with van der Waals surface area (Å²) in [7, 11) is 0. The maximum Gasteiger partial charge on any atom is 0.234 e. The molecule has 1 N–H and O–H groups in total. The largest absolute Gasteiger partial charge is 0.490 e. The lowest BCUT2D eigenvalue weighted by atomic mass is 10.1. The lowest BCUT2D eigenvalue weighted by Gasteiger charge is -2.13. The van der Waals surface area contributed by atoms with Gasteiger partial charge in [0.05, 0.1) is 6.07 Å². The number of carbonyl (C=O) groups excluding carboxylic acids is 1. The maximum absolute atomic E-state index is 11.3. The summed E-state index contributed by atoms with van der Waals surface area (Å²) < 4.78 is 11.6. The summed E-state index contributed by atoms with van der Waals surface area (Å²) in [5.41, 5.74) is 3.30. The van der Waals surface area contributed by atoms with Gasteiger partial charge in [0.25, 0.3) is 0 Å². The predicted octanol–water partition coefficient (Wildman–Crippen LogP) is 3.33. The average Bonchev–Trinajstić information content (AvgIpc) is 2.61. The predicted molar refractivity (Wildman–Crippen MR) is 100 cm³/mol. The molecule has 0 saturated carbocycles. The molecule has 2 rings (SSSR count). The Labute approximate surface area is 154 Å². The van der Waals surface area contributed by atoms with Crippen molar-refractivity contribution in [3.05, 3.63) is 59.2 Å². The van der Waals surface area contributed by atoms with Crippen LogP contribution in [0.1, 0.15) is 23.1 Å². The first-order valence-corrected chi connectivity index (χ1v) is 8.64. The van der Waals surface area contributed by atoms with Crippen molar-refractivity contribution < 1.29 is 14.3 Å². The van der Waals surface area contributed by atoms with E-state index in [9.17, 15) is 4.79 Å². The van der Waals surface area contributed by atoms with Crippen LogP contribution in [0.5, 0.6) is 11.5 Å². The van der Waals surface area contributed by atoms with Crippen molar-refractivity contribution >= 4 is 5.91 Å². The quantitative estimate of drug-likeness (QED) is 0.703. The second-order valence-corrected chi connectivity index (χ2v) is 6.00. The lowest BCUT2D eigenvalue weighted by molar-refractivity contribution is -0.120. The van der Waals surface area contributed by atoms with Gasteiger partial charge in [0.1, 0.15) is 31.1 Å². The minimum atomic E-state index is -0.247. The van der Waals surface area contributed by atoms with Gasteiger partial charge < -0.3 is 14.8 Å². The zero-order valence-electron chi connectivity index (χ0n) is 15.2. The summed E-state index contributed by atoms with van der Waals surface area (Å²) in [6, 6.07) is 15.7. The molecule has 0 radical (unpaired) electrons. The van der Waals surface area contributed by atoms with Crippen molar-refractivity contribution in [1.29, 1.82) is 5.26 Å². The molecule has 0 atom stereocenters. The molecule has 0 bridgehead atoms. The zero-order chi connectivity index (χ0) is 18.8. The van der Waals surface area contributed by atoms with Crippen molar-refractivity contribution in [2.45, 2.75) is 26.7 Å². The highest BCUT2D eigenvalue weighted by Crippen LogP contribution is 2.22. The van der Waals surface area contributed by atoms with Crippen LogP contribution in [0.3, 0.4) is 0 Å². The van der Waals surface area contributed by atoms with Crippen LogP contribution < -0.4 is 14.8 Å². The van der Waals surface area contributed by atoms with Gasteiger partial charge in [-0.3, -0.25) is 4.79 Å². The number of nitrogens with one attached hydrogen (secondary N) is 1. The van der Waals surface area contributed by atoms with Gasteiger partial charge in [-0.1, -0.05) is 30.3 Å². The molecule has 0 spiro atoms. The third-order valence-electron chi connectivity index (χ3n) is 3.88. The fraction of sp³-hybridized carbons (Fsp3) is 0.333. The van der Waals surface area contributed by atoms with Crippen LogP contribution in [0.4, 0.5) is 0 Å². The highest BCUT2D eigenvalue weighted by molar-refractivity contribution is 5.77. The van der Waals surface area contributed by atoms with Gasteiger partial charge in [0.2, 0.25) is 5.91 Å². The van der Waals surface area contributed by atoms with Crippen LogP contribution in [0.15, 0.2) is 42.5 Å². The van der Waals surface area contributed by atoms with E-state index < -0.39 is 0 Å². The molecule has 0 aromatic heterocycles. The van der Waals surface area contributed by atoms with Crippen molar-refractivity contribution in [3.8, 4) is 17.6 Å². The van der Waals surface area contributed by atoms with E-state index in [1.165, 1.54) is 0 Å². The number of aryl methyl sites for hydroxylation is 2. The van der Waals surface area contributed by atoms with Crippen LogP contribution in [0.25, 0.3) is 0 Å². The number of rotatable bonds is 9. The number of hydrogen-bond acceptors (Lipinski definition) is 4. The summed E-state index contributed by atoms with van der Waals surface area (Å²) in [5, 5.41) is 11.2. The Morgan fingerprint density at radius 2 is 1.77 bits per heavy atom. The molecule has 2 aromatic carbocycles. The van der Waals surface area contributed by atoms with E-state index in [4.69, 9.17) is 14.7 Å². The fourth-order valence-electron chi connectivity index (χ4n) is 2.60. The monoisotopic (exact) mass is 352 g/mol. The number of benzene rings is 2. The minimum absolute atomic E-state index is 0.108. The van der Waals surface area contributed by atoms with Gasteiger partial charge in [0, 0.05) is 6.54 Å². The topological polar surface area (TPSA) is 71.3 Å². The Hall–Kier alpha value is -3.00. The second-order valence-electron chi connectivity index (χ2n) is 6.00. The Morgan fingerprint density at radius 1 is 1.08 bits per heavy atom. The third-order valence-corrected chi connectivity index (χ3v) is 3.88. The van der Waals surface area contributed by atoms with Crippen molar-refractivity contribution in [1.82, 2.24) is 5.32 Å². The number of nitriles is 1. The van der Waals surface area contributed by atoms with Crippen LogP contribution in [-0.4, -0.2) is 25.7 Å². The molecule has 26 heavy (non-hydrogen) atoms. The SMILES string of the molecule is Cc1cccc(C)c1OCCOc1cccc(CCNC(=O)CC#N)c1. The van der Waals surface area contributed by atoms with E-state index in [-0.39, 0.29) is 12.3 Å². The van der Waals surface area contributed by atoms with E-state index in [2.05, 4.69) is 5.32 Å². The standard InChI is InChI=1S/C21H24N2O3/c1-16-5-3-6-17(2)21(16)26-14-13-25-19-8-4-7-18(15-19)10-12-23-20(24)9-11-22/h3-8,15H,9-10,12-14H2,1-2H3,(H,23,24). The van der Waals surface area contributed by atoms with Gasteiger partial charge in [-0.2, -0.15) is 5.26 Å². The third kappa shape index (κ3) is 6.14. The summed E-state index contributed by atoms with van der Waals surface area (Å²) in [6.07, 6.45) is 0.580. The number of ether oxygens (including phenoxy) is 2. The van der Waals surface area contributed by atoms with Crippen LogP contribution in [-0.2, 0) is 11.2 Å². The summed E-state index contributed by atoms with van der Waals surface area (Å²) >= 11 is 0. The highest BCUT2D eigenvalue weighted by atomic mass is 16.5. The molecule has 0 unspecified atom stereocenters. The van der Waals surface area contributed by atoms with Gasteiger partial charge in [-0.15, -0.1) is 0 Å². The lowest BCUT2D eigenvalue weighted by Crippen LogP contribution is -2.24. The maximum atomic E-state index is 11.3. The van der Waals surface area contributed by atoms with Crippen LogP contribution in [0.2, 0.25) is 0 Å². The number of hydrogen-bond donors (Lipinski definition) is 1. The molecular formula is C21H24N2O3. The van der Waals surface area contributed by atoms with Crippen LogP contribution >= 0.6 is 0 Å².